The van der Waals surface area contributed by atoms with Gasteiger partial charge in [-0.15, -0.1) is 11.3 Å². The van der Waals surface area contributed by atoms with Crippen molar-refractivity contribution in [2.45, 2.75) is 64.6 Å². The molecule has 3 rings (SSSR count). The molecule has 0 radical (unpaired) electrons. The molecule has 1 saturated heterocycles. The van der Waals surface area contributed by atoms with Crippen LogP contribution in [0, 0.1) is 6.92 Å². The van der Waals surface area contributed by atoms with E-state index in [1.54, 1.807) is 11.3 Å². The quantitative estimate of drug-likeness (QED) is 0.884. The zero-order valence-electron chi connectivity index (χ0n) is 14.6. The molecule has 0 unspecified atom stereocenters. The molecule has 2 N–H and O–H groups in total. The summed E-state index contributed by atoms with van der Waals surface area (Å²) >= 11 is 1.77. The number of hydrogen-bond acceptors (Lipinski definition) is 5. The molecule has 0 saturated carbocycles. The summed E-state index contributed by atoms with van der Waals surface area (Å²) in [5.74, 6) is 0.729. The van der Waals surface area contributed by atoms with Gasteiger partial charge >= 0.3 is 0 Å². The molecule has 3 heterocycles. The van der Waals surface area contributed by atoms with Crippen LogP contribution in [0.2, 0.25) is 0 Å². The molecule has 0 bridgehead atoms. The molecule has 0 atom stereocenters. The number of hydrogen-bond donors (Lipinski definition) is 2. The van der Waals surface area contributed by atoms with Crippen molar-refractivity contribution in [3.8, 4) is 10.6 Å². The fourth-order valence-electron chi connectivity index (χ4n) is 3.74. The molecular weight excluding hydrogens is 304 g/mol. The highest BCUT2D eigenvalue weighted by atomic mass is 32.1. The van der Waals surface area contributed by atoms with Crippen LogP contribution in [0.1, 0.15) is 45.4 Å². The van der Waals surface area contributed by atoms with Gasteiger partial charge in [0.15, 0.2) is 0 Å². The molecule has 5 heteroatoms. The van der Waals surface area contributed by atoms with E-state index in [1.165, 1.54) is 9.75 Å². The lowest BCUT2D eigenvalue weighted by Gasteiger charge is -2.46. The van der Waals surface area contributed by atoms with E-state index in [9.17, 15) is 0 Å². The molecule has 0 aliphatic carbocycles. The molecule has 0 aromatic carbocycles. The van der Waals surface area contributed by atoms with Crippen LogP contribution in [0.5, 0.6) is 0 Å². The van der Waals surface area contributed by atoms with Gasteiger partial charge in [-0.3, -0.25) is 0 Å². The second-order valence-corrected chi connectivity index (χ2v) is 9.11. The minimum absolute atomic E-state index is 0.113. The van der Waals surface area contributed by atoms with Gasteiger partial charge in [-0.25, -0.2) is 9.97 Å². The molecular formula is C18H26N4S. The minimum atomic E-state index is 0.113. The second kappa shape index (κ2) is 5.87. The van der Waals surface area contributed by atoms with E-state index in [0.29, 0.717) is 6.04 Å². The number of aromatic nitrogens is 2. The van der Waals surface area contributed by atoms with E-state index < -0.39 is 0 Å². The fraction of sp³-hybridized carbons (Fsp3) is 0.556. The van der Waals surface area contributed by atoms with E-state index in [0.717, 1.165) is 24.5 Å². The van der Waals surface area contributed by atoms with Gasteiger partial charge in [0.1, 0.15) is 0 Å². The SMILES string of the molecule is Cc1ccc(-c2ccnc(NC3CC(C)(C)NC(C)(C)C3)n2)s1. The van der Waals surface area contributed by atoms with Gasteiger partial charge in [-0.2, -0.15) is 0 Å². The third-order valence-corrected chi connectivity index (χ3v) is 5.20. The van der Waals surface area contributed by atoms with E-state index in [4.69, 9.17) is 4.98 Å². The zero-order chi connectivity index (χ0) is 16.7. The first-order valence-electron chi connectivity index (χ1n) is 8.18. The zero-order valence-corrected chi connectivity index (χ0v) is 15.4. The monoisotopic (exact) mass is 330 g/mol. The summed E-state index contributed by atoms with van der Waals surface area (Å²) in [5.41, 5.74) is 1.22. The van der Waals surface area contributed by atoms with Crippen molar-refractivity contribution in [2.75, 3.05) is 5.32 Å². The van der Waals surface area contributed by atoms with Crippen LogP contribution < -0.4 is 10.6 Å². The van der Waals surface area contributed by atoms with Crippen molar-refractivity contribution < 1.29 is 0 Å². The summed E-state index contributed by atoms with van der Waals surface area (Å²) in [4.78, 5) is 11.6. The van der Waals surface area contributed by atoms with Crippen LogP contribution in [0.15, 0.2) is 24.4 Å². The highest BCUT2D eigenvalue weighted by Gasteiger charge is 2.37. The maximum Gasteiger partial charge on any atom is 0.223 e. The third-order valence-electron chi connectivity index (χ3n) is 4.17. The average molecular weight is 331 g/mol. The van der Waals surface area contributed by atoms with Gasteiger partial charge in [0.2, 0.25) is 5.95 Å². The smallest absolute Gasteiger partial charge is 0.223 e. The largest absolute Gasteiger partial charge is 0.351 e. The van der Waals surface area contributed by atoms with Crippen molar-refractivity contribution in [3.63, 3.8) is 0 Å². The standard InChI is InChI=1S/C18H26N4S/c1-12-6-7-15(23-12)14-8-9-19-16(21-14)20-13-10-17(2,3)22-18(4,5)11-13/h6-9,13,22H,10-11H2,1-5H3,(H,19,20,21). The maximum atomic E-state index is 4.71. The predicted molar refractivity (Wildman–Crippen MR) is 98.0 cm³/mol. The third kappa shape index (κ3) is 4.09. The number of nitrogens with one attached hydrogen (secondary N) is 2. The van der Waals surface area contributed by atoms with Crippen LogP contribution in [-0.4, -0.2) is 27.1 Å². The minimum Gasteiger partial charge on any atom is -0.351 e. The molecule has 0 spiro atoms. The van der Waals surface area contributed by atoms with Crippen LogP contribution in [0.3, 0.4) is 0 Å². The number of piperidine rings is 1. The molecule has 4 nitrogen and oxygen atoms in total. The highest BCUT2D eigenvalue weighted by molar-refractivity contribution is 7.15. The summed E-state index contributed by atoms with van der Waals surface area (Å²) in [7, 11) is 0. The lowest BCUT2D eigenvalue weighted by Crippen LogP contribution is -2.60. The molecule has 2 aromatic heterocycles. The molecule has 1 aliphatic heterocycles. The topological polar surface area (TPSA) is 49.8 Å². The van der Waals surface area contributed by atoms with E-state index >= 15 is 0 Å². The van der Waals surface area contributed by atoms with Crippen LogP contribution in [-0.2, 0) is 0 Å². The van der Waals surface area contributed by atoms with Crippen LogP contribution >= 0.6 is 11.3 Å². The van der Waals surface area contributed by atoms with E-state index in [2.05, 4.69) is 62.4 Å². The van der Waals surface area contributed by atoms with E-state index in [1.807, 2.05) is 12.3 Å². The van der Waals surface area contributed by atoms with Crippen LogP contribution in [0.4, 0.5) is 5.95 Å². The summed E-state index contributed by atoms with van der Waals surface area (Å²) in [6, 6.07) is 6.62. The van der Waals surface area contributed by atoms with Crippen LogP contribution in [0.25, 0.3) is 10.6 Å². The summed E-state index contributed by atoms with van der Waals surface area (Å²) in [6.07, 6.45) is 3.96. The number of anilines is 1. The molecule has 2 aromatic rings. The molecule has 0 amide bonds. The number of rotatable bonds is 3. The summed E-state index contributed by atoms with van der Waals surface area (Å²) < 4.78 is 0. The average Bonchev–Trinajstić information content (AvgIpc) is 2.82. The Morgan fingerprint density at radius 1 is 1.13 bits per heavy atom. The Morgan fingerprint density at radius 3 is 2.43 bits per heavy atom. The first-order chi connectivity index (χ1) is 10.7. The summed E-state index contributed by atoms with van der Waals surface area (Å²) in [5, 5.41) is 7.26. The predicted octanol–water partition coefficient (Wildman–Crippen LogP) is 4.23. The van der Waals surface area contributed by atoms with Crippen molar-refractivity contribution in [1.82, 2.24) is 15.3 Å². The van der Waals surface area contributed by atoms with Gasteiger partial charge in [0.05, 0.1) is 10.6 Å². The lowest BCUT2D eigenvalue weighted by atomic mass is 9.80. The van der Waals surface area contributed by atoms with Crippen molar-refractivity contribution in [3.05, 3.63) is 29.3 Å². The Labute approximate surface area is 142 Å². The molecule has 124 valence electrons. The Balaban J connectivity index is 1.78. The maximum absolute atomic E-state index is 4.71. The first kappa shape index (κ1) is 16.4. The molecule has 1 aliphatic rings. The van der Waals surface area contributed by atoms with E-state index in [-0.39, 0.29) is 11.1 Å². The lowest BCUT2D eigenvalue weighted by molar-refractivity contribution is 0.170. The normalized spacial score (nSPS) is 20.4. The van der Waals surface area contributed by atoms with Crippen molar-refractivity contribution >= 4 is 17.3 Å². The Morgan fingerprint density at radius 2 is 1.83 bits per heavy atom. The van der Waals surface area contributed by atoms with Gasteiger partial charge in [0.25, 0.3) is 0 Å². The van der Waals surface area contributed by atoms with Gasteiger partial charge in [-0.05, 0) is 65.7 Å². The molecule has 1 fully saturated rings. The number of aryl methyl sites for hydroxylation is 1. The van der Waals surface area contributed by atoms with Gasteiger partial charge in [-0.1, -0.05) is 0 Å². The fourth-order valence-corrected chi connectivity index (χ4v) is 4.58. The van der Waals surface area contributed by atoms with Crippen molar-refractivity contribution in [2.24, 2.45) is 0 Å². The Bertz CT molecular complexity index is 674. The van der Waals surface area contributed by atoms with Gasteiger partial charge in [0, 0.05) is 28.2 Å². The Kier molecular flexibility index (Phi) is 4.19. The van der Waals surface area contributed by atoms with Crippen molar-refractivity contribution in [1.29, 1.82) is 0 Å². The second-order valence-electron chi connectivity index (χ2n) is 7.82. The first-order valence-corrected chi connectivity index (χ1v) is 9.00. The Hall–Kier alpha value is -1.46. The molecule has 23 heavy (non-hydrogen) atoms. The number of thiophene rings is 1. The van der Waals surface area contributed by atoms with Gasteiger partial charge < -0.3 is 10.6 Å². The number of nitrogens with zero attached hydrogens (tertiary/aromatic N) is 2. The highest BCUT2D eigenvalue weighted by Crippen LogP contribution is 2.31. The summed E-state index contributed by atoms with van der Waals surface area (Å²) in [6.45, 7) is 11.2.